The summed E-state index contributed by atoms with van der Waals surface area (Å²) in [6.45, 7) is 4.25. The number of nitrogens with one attached hydrogen (secondary N) is 1. The molecule has 0 aromatic heterocycles. The lowest BCUT2D eigenvalue weighted by Gasteiger charge is -2.36. The molecule has 27 heavy (non-hydrogen) atoms. The van der Waals surface area contributed by atoms with Gasteiger partial charge < -0.3 is 24.6 Å². The van der Waals surface area contributed by atoms with Crippen molar-refractivity contribution in [1.29, 1.82) is 0 Å². The highest BCUT2D eigenvalue weighted by atomic mass is 16.5. The molecule has 3 aliphatic heterocycles. The fourth-order valence-electron chi connectivity index (χ4n) is 4.62. The molecule has 2 saturated heterocycles. The first-order chi connectivity index (χ1) is 13.1. The number of methoxy groups -OCH3 is 1. The molecule has 1 amide bonds. The molecule has 0 unspecified atom stereocenters. The van der Waals surface area contributed by atoms with Gasteiger partial charge in [-0.2, -0.15) is 0 Å². The van der Waals surface area contributed by atoms with E-state index in [0.29, 0.717) is 13.1 Å². The number of carbonyl (C=O) groups excluding carboxylic acids is 1. The number of carbonyl (C=O) groups is 1. The summed E-state index contributed by atoms with van der Waals surface area (Å²) in [5.74, 6) is 1.92. The highest BCUT2D eigenvalue weighted by Gasteiger charge is 2.41. The number of ether oxygens (including phenoxy) is 2. The number of rotatable bonds is 2. The Morgan fingerprint density at radius 2 is 2.19 bits per heavy atom. The van der Waals surface area contributed by atoms with Crippen LogP contribution in [0.2, 0.25) is 0 Å². The number of nitrogens with zero attached hydrogens (tertiary/aromatic N) is 2. The highest BCUT2D eigenvalue weighted by molar-refractivity contribution is 5.82. The molecule has 3 aliphatic rings. The smallest absolute Gasteiger partial charge is 0.240 e. The summed E-state index contributed by atoms with van der Waals surface area (Å²) in [5.41, 5.74) is 0.731. The van der Waals surface area contributed by atoms with E-state index in [1.807, 2.05) is 23.1 Å². The summed E-state index contributed by atoms with van der Waals surface area (Å²) in [4.78, 5) is 17.7. The molecule has 3 heterocycles. The second-order valence-corrected chi connectivity index (χ2v) is 8.26. The predicted octanol–water partition coefficient (Wildman–Crippen LogP) is 2.02. The SMILES string of the molecule is COc1ccc2c(c1)CN(C(=O)[C@@H]1CCCN1)C[C@]1(CCCN(C)CC1)O2. The Morgan fingerprint density at radius 1 is 1.30 bits per heavy atom. The maximum absolute atomic E-state index is 13.3. The Morgan fingerprint density at radius 3 is 2.96 bits per heavy atom. The Hall–Kier alpha value is -1.79. The first kappa shape index (κ1) is 18.6. The molecule has 1 aromatic rings. The van der Waals surface area contributed by atoms with Gasteiger partial charge in [-0.25, -0.2) is 0 Å². The van der Waals surface area contributed by atoms with E-state index in [4.69, 9.17) is 9.47 Å². The third-order valence-electron chi connectivity index (χ3n) is 6.23. The van der Waals surface area contributed by atoms with Gasteiger partial charge >= 0.3 is 0 Å². The first-order valence-electron chi connectivity index (χ1n) is 10.2. The second-order valence-electron chi connectivity index (χ2n) is 8.26. The minimum atomic E-state index is -0.307. The average Bonchev–Trinajstić information content (AvgIpc) is 3.08. The predicted molar refractivity (Wildman–Crippen MR) is 104 cm³/mol. The number of hydrogen-bond donors (Lipinski definition) is 1. The van der Waals surface area contributed by atoms with Gasteiger partial charge in [0, 0.05) is 25.1 Å². The minimum Gasteiger partial charge on any atom is -0.497 e. The molecule has 0 aliphatic carbocycles. The van der Waals surface area contributed by atoms with Crippen LogP contribution in [0.5, 0.6) is 11.5 Å². The van der Waals surface area contributed by atoms with E-state index >= 15 is 0 Å². The molecule has 6 nitrogen and oxygen atoms in total. The second kappa shape index (κ2) is 7.68. The molecular formula is C21H31N3O3. The zero-order valence-corrected chi connectivity index (χ0v) is 16.5. The molecule has 1 aromatic carbocycles. The average molecular weight is 373 g/mol. The van der Waals surface area contributed by atoms with E-state index in [-0.39, 0.29) is 17.6 Å². The molecule has 2 atom stereocenters. The monoisotopic (exact) mass is 373 g/mol. The summed E-state index contributed by atoms with van der Waals surface area (Å²) >= 11 is 0. The van der Waals surface area contributed by atoms with Crippen LogP contribution in [0.4, 0.5) is 0 Å². The van der Waals surface area contributed by atoms with Crippen molar-refractivity contribution in [2.45, 2.75) is 50.3 Å². The molecule has 2 fully saturated rings. The lowest BCUT2D eigenvalue weighted by atomic mass is 9.93. The molecule has 0 radical (unpaired) electrons. The van der Waals surface area contributed by atoms with Crippen LogP contribution in [-0.4, -0.2) is 67.7 Å². The van der Waals surface area contributed by atoms with Crippen molar-refractivity contribution >= 4 is 5.91 Å². The van der Waals surface area contributed by atoms with E-state index < -0.39 is 0 Å². The summed E-state index contributed by atoms with van der Waals surface area (Å²) in [5, 5.41) is 3.37. The summed E-state index contributed by atoms with van der Waals surface area (Å²) in [6, 6.07) is 5.92. The maximum atomic E-state index is 13.3. The van der Waals surface area contributed by atoms with E-state index in [0.717, 1.165) is 68.8 Å². The molecule has 148 valence electrons. The summed E-state index contributed by atoms with van der Waals surface area (Å²) in [7, 11) is 3.84. The molecule has 1 N–H and O–H groups in total. The van der Waals surface area contributed by atoms with Gasteiger partial charge in [0.1, 0.15) is 17.1 Å². The van der Waals surface area contributed by atoms with Gasteiger partial charge in [0.25, 0.3) is 0 Å². The van der Waals surface area contributed by atoms with Gasteiger partial charge in [-0.1, -0.05) is 0 Å². The third-order valence-corrected chi connectivity index (χ3v) is 6.23. The Kier molecular flexibility index (Phi) is 5.28. The largest absolute Gasteiger partial charge is 0.497 e. The van der Waals surface area contributed by atoms with Gasteiger partial charge in [-0.15, -0.1) is 0 Å². The Balaban J connectivity index is 1.67. The Labute approximate surface area is 161 Å². The maximum Gasteiger partial charge on any atom is 0.240 e. The number of hydrogen-bond acceptors (Lipinski definition) is 5. The molecule has 0 saturated carbocycles. The molecule has 6 heteroatoms. The van der Waals surface area contributed by atoms with Crippen LogP contribution in [0.3, 0.4) is 0 Å². The van der Waals surface area contributed by atoms with Crippen molar-refractivity contribution in [1.82, 2.24) is 15.1 Å². The Bertz CT molecular complexity index is 689. The van der Waals surface area contributed by atoms with Crippen molar-refractivity contribution < 1.29 is 14.3 Å². The zero-order valence-electron chi connectivity index (χ0n) is 16.5. The van der Waals surface area contributed by atoms with Crippen molar-refractivity contribution in [3.8, 4) is 11.5 Å². The summed E-state index contributed by atoms with van der Waals surface area (Å²) < 4.78 is 12.1. The van der Waals surface area contributed by atoms with Crippen LogP contribution in [0.25, 0.3) is 0 Å². The van der Waals surface area contributed by atoms with E-state index in [9.17, 15) is 4.79 Å². The van der Waals surface area contributed by atoms with Crippen molar-refractivity contribution in [3.05, 3.63) is 23.8 Å². The van der Waals surface area contributed by atoms with Crippen LogP contribution in [0.1, 0.15) is 37.7 Å². The first-order valence-corrected chi connectivity index (χ1v) is 10.2. The molecule has 0 bridgehead atoms. The fourth-order valence-corrected chi connectivity index (χ4v) is 4.62. The standard InChI is InChI=1S/C21H31N3O3/c1-23-11-4-8-21(9-12-23)15-24(20(25)18-5-3-10-22-18)14-16-13-17(26-2)6-7-19(16)27-21/h6-7,13,18,22H,3-5,8-12,14-15H2,1-2H3/t18-,21+/m0/s1. The zero-order chi connectivity index (χ0) is 18.9. The number of fused-ring (bicyclic) bond motifs is 1. The number of amides is 1. The molecular weight excluding hydrogens is 342 g/mol. The van der Waals surface area contributed by atoms with E-state index in [2.05, 4.69) is 17.3 Å². The van der Waals surface area contributed by atoms with Crippen molar-refractivity contribution in [3.63, 3.8) is 0 Å². The van der Waals surface area contributed by atoms with E-state index in [1.54, 1.807) is 7.11 Å². The summed E-state index contributed by atoms with van der Waals surface area (Å²) in [6.07, 6.45) is 5.01. The van der Waals surface area contributed by atoms with Gasteiger partial charge in [0.05, 0.1) is 19.7 Å². The minimum absolute atomic E-state index is 0.0531. The van der Waals surface area contributed by atoms with Crippen LogP contribution in [-0.2, 0) is 11.3 Å². The molecule has 1 spiro atoms. The number of likely N-dealkylation sites (tertiary alicyclic amines) is 1. The van der Waals surface area contributed by atoms with Crippen LogP contribution in [0.15, 0.2) is 18.2 Å². The van der Waals surface area contributed by atoms with Gasteiger partial charge in [-0.3, -0.25) is 4.79 Å². The van der Waals surface area contributed by atoms with Gasteiger partial charge in [-0.05, 0) is 64.0 Å². The van der Waals surface area contributed by atoms with Crippen molar-refractivity contribution in [2.75, 3.05) is 40.3 Å². The van der Waals surface area contributed by atoms with Crippen LogP contribution in [0, 0.1) is 0 Å². The lowest BCUT2D eigenvalue weighted by Crippen LogP contribution is -2.51. The quantitative estimate of drug-likeness (QED) is 0.860. The van der Waals surface area contributed by atoms with Crippen LogP contribution >= 0.6 is 0 Å². The lowest BCUT2D eigenvalue weighted by molar-refractivity contribution is -0.136. The van der Waals surface area contributed by atoms with Crippen LogP contribution < -0.4 is 14.8 Å². The molecule has 4 rings (SSSR count). The van der Waals surface area contributed by atoms with E-state index in [1.165, 1.54) is 0 Å². The highest BCUT2D eigenvalue weighted by Crippen LogP contribution is 2.37. The third kappa shape index (κ3) is 3.92. The number of benzene rings is 1. The normalized spacial score (nSPS) is 29.0. The van der Waals surface area contributed by atoms with Gasteiger partial charge in [0.15, 0.2) is 0 Å². The van der Waals surface area contributed by atoms with Gasteiger partial charge in [0.2, 0.25) is 5.91 Å². The fraction of sp³-hybridized carbons (Fsp3) is 0.667. The topological polar surface area (TPSA) is 54.0 Å². The van der Waals surface area contributed by atoms with Crippen molar-refractivity contribution in [2.24, 2.45) is 0 Å².